The average Bonchev–Trinajstić information content (AvgIpc) is 2.18. The first-order valence-corrected chi connectivity index (χ1v) is 5.22. The van der Waals surface area contributed by atoms with Gasteiger partial charge in [0.2, 0.25) is 5.91 Å². The van der Waals surface area contributed by atoms with Crippen LogP contribution in [0, 0.1) is 0 Å². The predicted molar refractivity (Wildman–Crippen MR) is 58.0 cm³/mol. The molecule has 0 aliphatic carbocycles. The van der Waals surface area contributed by atoms with Gasteiger partial charge in [-0.3, -0.25) is 4.79 Å². The number of hydrogen-bond acceptors (Lipinski definition) is 2. The van der Waals surface area contributed by atoms with Crippen LogP contribution < -0.4 is 0 Å². The molecule has 14 heavy (non-hydrogen) atoms. The van der Waals surface area contributed by atoms with Gasteiger partial charge in [-0.25, -0.2) is 0 Å². The summed E-state index contributed by atoms with van der Waals surface area (Å²) in [6.45, 7) is 8.11. The lowest BCUT2D eigenvalue weighted by atomic mass is 10.1. The van der Waals surface area contributed by atoms with Gasteiger partial charge in [-0.2, -0.15) is 0 Å². The van der Waals surface area contributed by atoms with E-state index in [0.717, 1.165) is 12.8 Å². The lowest BCUT2D eigenvalue weighted by molar-refractivity contribution is -0.133. The zero-order valence-corrected chi connectivity index (χ0v) is 9.20. The van der Waals surface area contributed by atoms with Crippen LogP contribution in [0.5, 0.6) is 0 Å². The topological polar surface area (TPSA) is 40.5 Å². The fourth-order valence-corrected chi connectivity index (χ4v) is 1.59. The lowest BCUT2D eigenvalue weighted by Crippen LogP contribution is -2.41. The summed E-state index contributed by atoms with van der Waals surface area (Å²) in [5.41, 5.74) is 0. The molecule has 0 aliphatic rings. The van der Waals surface area contributed by atoms with Crippen molar-refractivity contribution in [2.45, 2.75) is 39.2 Å². The Kier molecular flexibility index (Phi) is 7.11. The van der Waals surface area contributed by atoms with Gasteiger partial charge in [-0.05, 0) is 12.8 Å². The van der Waals surface area contributed by atoms with Crippen LogP contribution in [0.2, 0.25) is 0 Å². The molecular formula is C11H21NO2. The van der Waals surface area contributed by atoms with Gasteiger partial charge in [-0.1, -0.05) is 19.9 Å². The third-order valence-corrected chi connectivity index (χ3v) is 2.36. The number of carbonyl (C=O) groups is 1. The van der Waals surface area contributed by atoms with Crippen molar-refractivity contribution >= 4 is 5.91 Å². The normalized spacial score (nSPS) is 10.3. The summed E-state index contributed by atoms with van der Waals surface area (Å²) in [7, 11) is 0. The number of hydrogen-bond donors (Lipinski definition) is 1. The van der Waals surface area contributed by atoms with E-state index in [1.54, 1.807) is 11.0 Å². The maximum atomic E-state index is 11.6. The molecule has 0 saturated carbocycles. The van der Waals surface area contributed by atoms with Crippen LogP contribution >= 0.6 is 0 Å². The maximum absolute atomic E-state index is 11.6. The van der Waals surface area contributed by atoms with E-state index in [9.17, 15) is 4.79 Å². The molecule has 1 N–H and O–H groups in total. The number of nitrogens with zero attached hydrogens (tertiary/aromatic N) is 1. The van der Waals surface area contributed by atoms with Crippen molar-refractivity contribution in [2.24, 2.45) is 0 Å². The Morgan fingerprint density at radius 1 is 1.50 bits per heavy atom. The second kappa shape index (κ2) is 7.56. The van der Waals surface area contributed by atoms with Crippen molar-refractivity contribution in [3.8, 4) is 0 Å². The lowest BCUT2D eigenvalue weighted by Gasteiger charge is -2.29. The number of amides is 1. The highest BCUT2D eigenvalue weighted by molar-refractivity contribution is 5.77. The van der Waals surface area contributed by atoms with Gasteiger partial charge in [0.05, 0.1) is 6.61 Å². The number of carbonyl (C=O) groups excluding carboxylic acids is 1. The minimum absolute atomic E-state index is 0.0272. The Morgan fingerprint density at radius 2 is 2.07 bits per heavy atom. The van der Waals surface area contributed by atoms with Crippen molar-refractivity contribution in [1.82, 2.24) is 4.90 Å². The minimum Gasteiger partial charge on any atom is -0.395 e. The van der Waals surface area contributed by atoms with E-state index in [0.29, 0.717) is 13.0 Å². The van der Waals surface area contributed by atoms with Crippen LogP contribution in [0.1, 0.15) is 33.1 Å². The van der Waals surface area contributed by atoms with Crippen molar-refractivity contribution < 1.29 is 9.90 Å². The van der Waals surface area contributed by atoms with E-state index in [2.05, 4.69) is 20.4 Å². The quantitative estimate of drug-likeness (QED) is 0.632. The molecule has 0 bridgehead atoms. The average molecular weight is 199 g/mol. The second-order valence-corrected chi connectivity index (χ2v) is 3.27. The monoisotopic (exact) mass is 199 g/mol. The van der Waals surface area contributed by atoms with E-state index in [1.807, 2.05) is 0 Å². The van der Waals surface area contributed by atoms with E-state index < -0.39 is 0 Å². The van der Waals surface area contributed by atoms with Crippen LogP contribution in [0.4, 0.5) is 0 Å². The molecule has 0 aromatic rings. The fourth-order valence-electron chi connectivity index (χ4n) is 1.59. The molecule has 0 aliphatic heterocycles. The fraction of sp³-hybridized carbons (Fsp3) is 0.727. The summed E-state index contributed by atoms with van der Waals surface area (Å²) >= 11 is 0. The summed E-state index contributed by atoms with van der Waals surface area (Å²) in [4.78, 5) is 13.4. The largest absolute Gasteiger partial charge is 0.395 e. The van der Waals surface area contributed by atoms with Gasteiger partial charge >= 0.3 is 0 Å². The van der Waals surface area contributed by atoms with Gasteiger partial charge in [0.15, 0.2) is 0 Å². The molecule has 82 valence electrons. The first-order valence-electron chi connectivity index (χ1n) is 5.22. The Morgan fingerprint density at radius 3 is 2.43 bits per heavy atom. The van der Waals surface area contributed by atoms with E-state index >= 15 is 0 Å². The molecule has 0 saturated heterocycles. The third kappa shape index (κ3) is 3.92. The molecule has 0 fully saturated rings. The first kappa shape index (κ1) is 13.2. The van der Waals surface area contributed by atoms with Crippen molar-refractivity contribution in [1.29, 1.82) is 0 Å². The van der Waals surface area contributed by atoms with E-state index in [1.165, 1.54) is 0 Å². The zero-order valence-electron chi connectivity index (χ0n) is 9.20. The molecule has 0 aromatic heterocycles. The Labute approximate surface area is 86.4 Å². The Bertz CT molecular complexity index is 176. The smallest absolute Gasteiger partial charge is 0.226 e. The highest BCUT2D eigenvalue weighted by Gasteiger charge is 2.18. The number of rotatable bonds is 7. The zero-order chi connectivity index (χ0) is 11.0. The summed E-state index contributed by atoms with van der Waals surface area (Å²) in [5.74, 6) is 0.0581. The molecule has 0 atom stereocenters. The highest BCUT2D eigenvalue weighted by atomic mass is 16.3. The predicted octanol–water partition coefficient (Wildman–Crippen LogP) is 1.57. The van der Waals surface area contributed by atoms with Crippen LogP contribution in [0.15, 0.2) is 12.7 Å². The second-order valence-electron chi connectivity index (χ2n) is 3.27. The molecule has 0 rings (SSSR count). The molecule has 0 unspecified atom stereocenters. The van der Waals surface area contributed by atoms with Gasteiger partial charge in [-0.15, -0.1) is 6.58 Å². The van der Waals surface area contributed by atoms with Crippen LogP contribution in [0.3, 0.4) is 0 Å². The van der Waals surface area contributed by atoms with E-state index in [4.69, 9.17) is 5.11 Å². The third-order valence-electron chi connectivity index (χ3n) is 2.36. The molecule has 3 heteroatoms. The van der Waals surface area contributed by atoms with Gasteiger partial charge < -0.3 is 10.0 Å². The molecule has 0 radical (unpaired) electrons. The maximum Gasteiger partial charge on any atom is 0.226 e. The summed E-state index contributed by atoms with van der Waals surface area (Å²) in [5, 5.41) is 8.87. The molecule has 1 amide bonds. The Balaban J connectivity index is 4.38. The van der Waals surface area contributed by atoms with Crippen molar-refractivity contribution in [2.75, 3.05) is 13.2 Å². The Hall–Kier alpha value is -0.830. The summed E-state index contributed by atoms with van der Waals surface area (Å²) in [6.07, 6.45) is 3.82. The number of aliphatic hydroxyl groups is 1. The van der Waals surface area contributed by atoms with Gasteiger partial charge in [0, 0.05) is 19.0 Å². The van der Waals surface area contributed by atoms with Crippen LogP contribution in [0.25, 0.3) is 0 Å². The van der Waals surface area contributed by atoms with Crippen LogP contribution in [-0.4, -0.2) is 35.1 Å². The van der Waals surface area contributed by atoms with Crippen molar-refractivity contribution in [3.05, 3.63) is 12.7 Å². The SMILES string of the molecule is C=CCC(=O)N(CCO)C(CC)CC. The highest BCUT2D eigenvalue weighted by Crippen LogP contribution is 2.09. The first-order chi connectivity index (χ1) is 6.71. The molecular weight excluding hydrogens is 178 g/mol. The number of aliphatic hydroxyl groups excluding tert-OH is 1. The standard InChI is InChI=1S/C11H21NO2/c1-4-7-11(14)12(8-9-13)10(5-2)6-3/h4,10,13H,1,5-9H2,2-3H3. The summed E-state index contributed by atoms with van der Waals surface area (Å²) in [6, 6.07) is 0.245. The summed E-state index contributed by atoms with van der Waals surface area (Å²) < 4.78 is 0. The molecule has 0 spiro atoms. The molecule has 0 heterocycles. The van der Waals surface area contributed by atoms with Gasteiger partial charge in [0.25, 0.3) is 0 Å². The molecule has 3 nitrogen and oxygen atoms in total. The minimum atomic E-state index is 0.0272. The van der Waals surface area contributed by atoms with E-state index in [-0.39, 0.29) is 18.6 Å². The van der Waals surface area contributed by atoms with Crippen LogP contribution in [-0.2, 0) is 4.79 Å². The van der Waals surface area contributed by atoms with Crippen molar-refractivity contribution in [3.63, 3.8) is 0 Å². The van der Waals surface area contributed by atoms with Gasteiger partial charge in [0.1, 0.15) is 0 Å². The molecule has 0 aromatic carbocycles.